The van der Waals surface area contributed by atoms with Gasteiger partial charge in [-0.3, -0.25) is 0 Å². The Hall–Kier alpha value is -0.0400. The van der Waals surface area contributed by atoms with E-state index >= 15 is 0 Å². The first-order chi connectivity index (χ1) is 7.18. The molecule has 0 aliphatic heterocycles. The summed E-state index contributed by atoms with van der Waals surface area (Å²) in [5, 5.41) is 3.65. The Kier molecular flexibility index (Phi) is 6.62. The van der Waals surface area contributed by atoms with Gasteiger partial charge in [0.05, 0.1) is 0 Å². The lowest BCUT2D eigenvalue weighted by Gasteiger charge is -2.33. The highest BCUT2D eigenvalue weighted by molar-refractivity contribution is 4.80. The zero-order valence-corrected chi connectivity index (χ0v) is 12.6. The van der Waals surface area contributed by atoms with Crippen molar-refractivity contribution in [3.8, 4) is 0 Å². The zero-order chi connectivity index (χ0) is 12.8. The molecule has 0 aliphatic carbocycles. The van der Waals surface area contributed by atoms with Crippen LogP contribution in [0, 0.1) is 11.3 Å². The van der Waals surface area contributed by atoms with Crippen molar-refractivity contribution in [2.45, 2.75) is 79.7 Å². The van der Waals surface area contributed by atoms with Crippen LogP contribution >= 0.6 is 0 Å². The highest BCUT2D eigenvalue weighted by Gasteiger charge is 2.23. The smallest absolute Gasteiger partial charge is 0.00967 e. The number of rotatable bonds is 7. The predicted octanol–water partition coefficient (Wildman–Crippen LogP) is 4.62. The van der Waals surface area contributed by atoms with Gasteiger partial charge >= 0.3 is 0 Å². The lowest BCUT2D eigenvalue weighted by molar-refractivity contribution is 0.229. The lowest BCUT2D eigenvalue weighted by Crippen LogP contribution is -2.42. The normalized spacial score (nSPS) is 16.5. The molecule has 0 aromatic heterocycles. The molecular formula is C15H33N. The molecule has 1 nitrogen and oxygen atoms in total. The minimum atomic E-state index is 0.245. The van der Waals surface area contributed by atoms with Gasteiger partial charge in [-0.1, -0.05) is 40.5 Å². The summed E-state index contributed by atoms with van der Waals surface area (Å²) in [5.41, 5.74) is 0.719. The molecule has 0 spiro atoms. The minimum absolute atomic E-state index is 0.245. The van der Waals surface area contributed by atoms with E-state index in [4.69, 9.17) is 0 Å². The fraction of sp³-hybridized carbons (Fsp3) is 1.00. The third-order valence-corrected chi connectivity index (χ3v) is 3.46. The van der Waals surface area contributed by atoms with Crippen LogP contribution in [0.1, 0.15) is 74.1 Å². The van der Waals surface area contributed by atoms with E-state index in [1.165, 1.54) is 25.7 Å². The molecule has 0 saturated carbocycles. The first kappa shape index (κ1) is 16.0. The quantitative estimate of drug-likeness (QED) is 0.669. The molecule has 0 amide bonds. The predicted molar refractivity (Wildman–Crippen MR) is 74.8 cm³/mol. The molecule has 98 valence electrons. The van der Waals surface area contributed by atoms with E-state index in [1.54, 1.807) is 0 Å². The fourth-order valence-corrected chi connectivity index (χ4v) is 1.81. The molecule has 1 N–H and O–H groups in total. The standard InChI is InChI=1S/C15H33N/c1-8-15(7,11-9-10-13(2)3)12-16-14(4,5)6/h13,16H,8-12H2,1-7H3. The molecule has 0 aromatic rings. The highest BCUT2D eigenvalue weighted by atomic mass is 15.0. The van der Waals surface area contributed by atoms with Gasteiger partial charge in [0.2, 0.25) is 0 Å². The van der Waals surface area contributed by atoms with Crippen molar-refractivity contribution in [3.05, 3.63) is 0 Å². The lowest BCUT2D eigenvalue weighted by atomic mass is 9.81. The second-order valence-corrected chi connectivity index (χ2v) is 7.05. The van der Waals surface area contributed by atoms with Crippen molar-refractivity contribution in [3.63, 3.8) is 0 Å². The van der Waals surface area contributed by atoms with E-state index in [2.05, 4.69) is 53.8 Å². The second kappa shape index (κ2) is 6.64. The van der Waals surface area contributed by atoms with Gasteiger partial charge in [-0.2, -0.15) is 0 Å². The van der Waals surface area contributed by atoms with Gasteiger partial charge in [0, 0.05) is 12.1 Å². The summed E-state index contributed by atoms with van der Waals surface area (Å²) >= 11 is 0. The third kappa shape index (κ3) is 8.15. The Balaban J connectivity index is 4.00. The van der Waals surface area contributed by atoms with Gasteiger partial charge in [-0.15, -0.1) is 0 Å². The molecule has 0 bridgehead atoms. The summed E-state index contributed by atoms with van der Waals surface area (Å²) in [6.45, 7) is 17.3. The Morgan fingerprint density at radius 1 is 1.06 bits per heavy atom. The van der Waals surface area contributed by atoms with Gasteiger partial charge in [-0.05, 0) is 44.9 Å². The molecule has 0 fully saturated rings. The van der Waals surface area contributed by atoms with E-state index in [-0.39, 0.29) is 5.54 Å². The van der Waals surface area contributed by atoms with Crippen LogP contribution in [0.4, 0.5) is 0 Å². The van der Waals surface area contributed by atoms with Gasteiger partial charge in [0.25, 0.3) is 0 Å². The average Bonchev–Trinajstić information content (AvgIpc) is 2.13. The molecule has 0 rings (SSSR count). The molecule has 0 aliphatic rings. The molecule has 1 unspecified atom stereocenters. The van der Waals surface area contributed by atoms with Gasteiger partial charge in [0.15, 0.2) is 0 Å². The molecular weight excluding hydrogens is 194 g/mol. The van der Waals surface area contributed by atoms with E-state index in [1.807, 2.05) is 0 Å². The second-order valence-electron chi connectivity index (χ2n) is 7.05. The molecule has 0 heterocycles. The SMILES string of the molecule is CCC(C)(CCCC(C)C)CNC(C)(C)C. The summed E-state index contributed by atoms with van der Waals surface area (Å²) < 4.78 is 0. The van der Waals surface area contributed by atoms with Crippen molar-refractivity contribution in [1.29, 1.82) is 0 Å². The maximum atomic E-state index is 3.65. The van der Waals surface area contributed by atoms with Crippen molar-refractivity contribution >= 4 is 0 Å². The average molecular weight is 227 g/mol. The van der Waals surface area contributed by atoms with Crippen LogP contribution in [0.3, 0.4) is 0 Å². The fourth-order valence-electron chi connectivity index (χ4n) is 1.81. The van der Waals surface area contributed by atoms with Crippen LogP contribution in [0.15, 0.2) is 0 Å². The Morgan fingerprint density at radius 3 is 2.00 bits per heavy atom. The van der Waals surface area contributed by atoms with Gasteiger partial charge in [-0.25, -0.2) is 0 Å². The molecule has 0 aromatic carbocycles. The number of nitrogens with one attached hydrogen (secondary N) is 1. The molecule has 1 atom stereocenters. The molecule has 1 heteroatoms. The van der Waals surface area contributed by atoms with Crippen LogP contribution in [0.25, 0.3) is 0 Å². The third-order valence-electron chi connectivity index (χ3n) is 3.46. The van der Waals surface area contributed by atoms with Crippen LogP contribution < -0.4 is 5.32 Å². The van der Waals surface area contributed by atoms with Crippen molar-refractivity contribution in [2.24, 2.45) is 11.3 Å². The van der Waals surface area contributed by atoms with Crippen LogP contribution in [-0.4, -0.2) is 12.1 Å². The maximum Gasteiger partial charge on any atom is 0.00967 e. The van der Waals surface area contributed by atoms with E-state index in [0.29, 0.717) is 5.41 Å². The molecule has 0 saturated heterocycles. The zero-order valence-electron chi connectivity index (χ0n) is 12.6. The Morgan fingerprint density at radius 2 is 1.62 bits per heavy atom. The van der Waals surface area contributed by atoms with E-state index in [9.17, 15) is 0 Å². The number of hydrogen-bond acceptors (Lipinski definition) is 1. The largest absolute Gasteiger partial charge is 0.312 e. The summed E-state index contributed by atoms with van der Waals surface area (Å²) in [5.74, 6) is 0.844. The minimum Gasteiger partial charge on any atom is -0.312 e. The van der Waals surface area contributed by atoms with Crippen molar-refractivity contribution in [1.82, 2.24) is 5.32 Å². The molecule has 16 heavy (non-hydrogen) atoms. The summed E-state index contributed by atoms with van der Waals surface area (Å²) in [7, 11) is 0. The highest BCUT2D eigenvalue weighted by Crippen LogP contribution is 2.28. The monoisotopic (exact) mass is 227 g/mol. The van der Waals surface area contributed by atoms with Crippen LogP contribution in [-0.2, 0) is 0 Å². The summed E-state index contributed by atoms with van der Waals surface area (Å²) in [6, 6.07) is 0. The van der Waals surface area contributed by atoms with Crippen molar-refractivity contribution in [2.75, 3.05) is 6.54 Å². The Bertz CT molecular complexity index is 178. The van der Waals surface area contributed by atoms with Crippen LogP contribution in [0.5, 0.6) is 0 Å². The van der Waals surface area contributed by atoms with Gasteiger partial charge in [0.1, 0.15) is 0 Å². The maximum absolute atomic E-state index is 3.65. The van der Waals surface area contributed by atoms with Gasteiger partial charge < -0.3 is 5.32 Å². The topological polar surface area (TPSA) is 12.0 Å². The van der Waals surface area contributed by atoms with Crippen LogP contribution in [0.2, 0.25) is 0 Å². The first-order valence-electron chi connectivity index (χ1n) is 6.93. The summed E-state index contributed by atoms with van der Waals surface area (Å²) in [4.78, 5) is 0. The Labute approximate surface area is 103 Å². The van der Waals surface area contributed by atoms with E-state index < -0.39 is 0 Å². The van der Waals surface area contributed by atoms with E-state index in [0.717, 1.165) is 12.5 Å². The van der Waals surface area contributed by atoms with Crippen molar-refractivity contribution < 1.29 is 0 Å². The number of hydrogen-bond donors (Lipinski definition) is 1. The molecule has 0 radical (unpaired) electrons. The summed E-state index contributed by atoms with van der Waals surface area (Å²) in [6.07, 6.45) is 5.36. The first-order valence-corrected chi connectivity index (χ1v) is 6.93.